The van der Waals surface area contributed by atoms with Crippen LogP contribution in [0.1, 0.15) is 50.8 Å². The quantitative estimate of drug-likeness (QED) is 0.865. The predicted octanol–water partition coefficient (Wildman–Crippen LogP) is 3.24. The highest BCUT2D eigenvalue weighted by Crippen LogP contribution is 2.30. The lowest BCUT2D eigenvalue weighted by molar-refractivity contribution is -0.132. The van der Waals surface area contributed by atoms with Gasteiger partial charge in [-0.1, -0.05) is 38.1 Å². The molecule has 1 aliphatic carbocycles. The molecule has 0 saturated heterocycles. The van der Waals surface area contributed by atoms with E-state index < -0.39 is 0 Å². The van der Waals surface area contributed by atoms with Gasteiger partial charge >= 0.3 is 0 Å². The van der Waals surface area contributed by atoms with Crippen molar-refractivity contribution < 1.29 is 9.53 Å². The van der Waals surface area contributed by atoms with E-state index in [1.165, 1.54) is 11.1 Å². The summed E-state index contributed by atoms with van der Waals surface area (Å²) in [7, 11) is 0. The summed E-state index contributed by atoms with van der Waals surface area (Å²) in [5.41, 5.74) is 2.61. The number of nitrogens with one attached hydrogen (secondary N) is 1. The van der Waals surface area contributed by atoms with E-state index in [0.717, 1.165) is 19.3 Å². The highest BCUT2D eigenvalue weighted by Gasteiger charge is 2.25. The molecule has 1 N–H and O–H groups in total. The van der Waals surface area contributed by atoms with Gasteiger partial charge < -0.3 is 10.1 Å². The Balaban J connectivity index is 1.83. The van der Waals surface area contributed by atoms with Gasteiger partial charge in [0.2, 0.25) is 5.91 Å². The van der Waals surface area contributed by atoms with Crippen molar-refractivity contribution in [2.75, 3.05) is 6.61 Å². The fraction of sp³-hybridized carbons (Fsp3) is 0.588. The van der Waals surface area contributed by atoms with Crippen LogP contribution in [-0.4, -0.2) is 18.6 Å². The Kier molecular flexibility index (Phi) is 5.18. The van der Waals surface area contributed by atoms with E-state index in [1.807, 2.05) is 13.0 Å². The molecular weight excluding hydrogens is 250 g/mol. The van der Waals surface area contributed by atoms with E-state index in [-0.39, 0.29) is 18.1 Å². The van der Waals surface area contributed by atoms with Crippen LogP contribution in [0.15, 0.2) is 24.3 Å². The Morgan fingerprint density at radius 3 is 2.85 bits per heavy atom. The molecule has 0 spiro atoms. The molecule has 0 aliphatic heterocycles. The summed E-state index contributed by atoms with van der Waals surface area (Å²) in [6.45, 7) is 6.79. The fourth-order valence-corrected chi connectivity index (χ4v) is 2.55. The van der Waals surface area contributed by atoms with Crippen molar-refractivity contribution in [2.24, 2.45) is 5.92 Å². The fourth-order valence-electron chi connectivity index (χ4n) is 2.55. The molecule has 1 aliphatic rings. The number of hydrogen-bond donors (Lipinski definition) is 1. The lowest BCUT2D eigenvalue weighted by Gasteiger charge is -2.18. The number of benzene rings is 1. The van der Waals surface area contributed by atoms with Crippen molar-refractivity contribution in [3.05, 3.63) is 35.4 Å². The van der Waals surface area contributed by atoms with Gasteiger partial charge in [-0.15, -0.1) is 0 Å². The van der Waals surface area contributed by atoms with E-state index in [0.29, 0.717) is 12.5 Å². The zero-order valence-corrected chi connectivity index (χ0v) is 12.7. The van der Waals surface area contributed by atoms with Gasteiger partial charge in [0.15, 0.2) is 0 Å². The molecule has 0 bridgehead atoms. The van der Waals surface area contributed by atoms with Crippen LogP contribution >= 0.6 is 0 Å². The zero-order valence-electron chi connectivity index (χ0n) is 12.7. The van der Waals surface area contributed by atoms with Crippen LogP contribution in [0.4, 0.5) is 0 Å². The normalized spacial score (nSPS) is 18.9. The summed E-state index contributed by atoms with van der Waals surface area (Å²) in [6.07, 6.45) is 2.65. The lowest BCUT2D eigenvalue weighted by Crippen LogP contribution is -2.36. The third-order valence-electron chi connectivity index (χ3n) is 3.88. The van der Waals surface area contributed by atoms with E-state index in [4.69, 9.17) is 4.74 Å². The second-order valence-electron chi connectivity index (χ2n) is 5.99. The summed E-state index contributed by atoms with van der Waals surface area (Å²) < 4.78 is 5.60. The molecule has 2 atom stereocenters. The smallest absolute Gasteiger partial charge is 0.249 e. The van der Waals surface area contributed by atoms with Gasteiger partial charge in [-0.05, 0) is 43.2 Å². The molecule has 0 heterocycles. The number of ether oxygens (including phenoxy) is 1. The number of carbonyl (C=O) groups is 1. The van der Waals surface area contributed by atoms with Crippen LogP contribution in [0.25, 0.3) is 0 Å². The molecule has 110 valence electrons. The van der Waals surface area contributed by atoms with Crippen molar-refractivity contribution in [3.63, 3.8) is 0 Å². The zero-order chi connectivity index (χ0) is 14.5. The molecule has 3 nitrogen and oxygen atoms in total. The van der Waals surface area contributed by atoms with Crippen molar-refractivity contribution in [2.45, 2.75) is 52.2 Å². The highest BCUT2D eigenvalue weighted by molar-refractivity contribution is 5.81. The first-order chi connectivity index (χ1) is 9.58. The Morgan fingerprint density at radius 1 is 1.35 bits per heavy atom. The van der Waals surface area contributed by atoms with Crippen molar-refractivity contribution in [3.8, 4) is 0 Å². The maximum absolute atomic E-state index is 12.1. The van der Waals surface area contributed by atoms with E-state index in [9.17, 15) is 4.79 Å². The molecule has 1 amide bonds. The topological polar surface area (TPSA) is 38.3 Å². The molecule has 1 aromatic rings. The molecule has 20 heavy (non-hydrogen) atoms. The molecular formula is C17H25NO2. The third-order valence-corrected chi connectivity index (χ3v) is 3.88. The second-order valence-corrected chi connectivity index (χ2v) is 5.99. The van der Waals surface area contributed by atoms with Crippen LogP contribution in [0, 0.1) is 5.92 Å². The summed E-state index contributed by atoms with van der Waals surface area (Å²) in [6, 6.07) is 8.49. The number of amides is 1. The second kappa shape index (κ2) is 6.89. The summed E-state index contributed by atoms with van der Waals surface area (Å²) in [5.74, 6) is 0.599. The summed E-state index contributed by atoms with van der Waals surface area (Å²) in [4.78, 5) is 12.1. The molecule has 0 aromatic heterocycles. The maximum Gasteiger partial charge on any atom is 0.249 e. The van der Waals surface area contributed by atoms with Gasteiger partial charge in [0, 0.05) is 6.61 Å². The Bertz CT molecular complexity index is 456. The SMILES string of the molecule is CC(C)CCO[C@@H](C)C(=O)N[C@@H]1CCc2ccccc21. The minimum atomic E-state index is -0.374. The van der Waals surface area contributed by atoms with Crippen molar-refractivity contribution in [1.82, 2.24) is 5.32 Å². The standard InChI is InChI=1S/C17H25NO2/c1-12(2)10-11-20-13(3)17(19)18-16-9-8-14-6-4-5-7-15(14)16/h4-7,12-13,16H,8-11H2,1-3H3,(H,18,19)/t13-,16+/m0/s1. The number of carbonyl (C=O) groups excluding carboxylic acids is 1. The minimum absolute atomic E-state index is 0.00420. The Labute approximate surface area is 121 Å². The maximum atomic E-state index is 12.1. The van der Waals surface area contributed by atoms with Crippen LogP contribution < -0.4 is 5.32 Å². The highest BCUT2D eigenvalue weighted by atomic mass is 16.5. The first-order valence-electron chi connectivity index (χ1n) is 7.57. The molecule has 1 aromatic carbocycles. The van der Waals surface area contributed by atoms with Crippen LogP contribution in [0.5, 0.6) is 0 Å². The summed E-state index contributed by atoms with van der Waals surface area (Å²) in [5, 5.41) is 3.11. The van der Waals surface area contributed by atoms with E-state index in [1.54, 1.807) is 0 Å². The average molecular weight is 275 g/mol. The van der Waals surface area contributed by atoms with Crippen molar-refractivity contribution in [1.29, 1.82) is 0 Å². The molecule has 2 rings (SSSR count). The third kappa shape index (κ3) is 3.83. The average Bonchev–Trinajstić information content (AvgIpc) is 2.81. The molecule has 0 fully saturated rings. The number of fused-ring (bicyclic) bond motifs is 1. The Morgan fingerprint density at radius 2 is 2.10 bits per heavy atom. The number of hydrogen-bond acceptors (Lipinski definition) is 2. The van der Waals surface area contributed by atoms with Gasteiger partial charge in [0.1, 0.15) is 6.10 Å². The van der Waals surface area contributed by atoms with Gasteiger partial charge in [0.25, 0.3) is 0 Å². The van der Waals surface area contributed by atoms with Gasteiger partial charge in [0.05, 0.1) is 6.04 Å². The monoisotopic (exact) mass is 275 g/mol. The first kappa shape index (κ1) is 15.0. The summed E-state index contributed by atoms with van der Waals surface area (Å²) >= 11 is 0. The van der Waals surface area contributed by atoms with E-state index in [2.05, 4.69) is 37.4 Å². The van der Waals surface area contributed by atoms with Gasteiger partial charge in [-0.3, -0.25) is 4.79 Å². The number of aryl methyl sites for hydroxylation is 1. The van der Waals surface area contributed by atoms with Gasteiger partial charge in [-0.25, -0.2) is 0 Å². The van der Waals surface area contributed by atoms with Gasteiger partial charge in [-0.2, -0.15) is 0 Å². The number of rotatable bonds is 6. The van der Waals surface area contributed by atoms with Crippen molar-refractivity contribution >= 4 is 5.91 Å². The molecule has 0 saturated carbocycles. The molecule has 3 heteroatoms. The Hall–Kier alpha value is -1.35. The predicted molar refractivity (Wildman–Crippen MR) is 80.5 cm³/mol. The molecule has 0 unspecified atom stereocenters. The molecule has 0 radical (unpaired) electrons. The van der Waals surface area contributed by atoms with E-state index >= 15 is 0 Å². The minimum Gasteiger partial charge on any atom is -0.369 e. The lowest BCUT2D eigenvalue weighted by atomic mass is 10.1. The van der Waals surface area contributed by atoms with Crippen LogP contribution in [-0.2, 0) is 16.0 Å². The first-order valence-corrected chi connectivity index (χ1v) is 7.57. The van der Waals surface area contributed by atoms with Crippen LogP contribution in [0.2, 0.25) is 0 Å². The largest absolute Gasteiger partial charge is 0.369 e. The van der Waals surface area contributed by atoms with Crippen LogP contribution in [0.3, 0.4) is 0 Å².